The van der Waals surface area contributed by atoms with Crippen LogP contribution in [0.1, 0.15) is 35.8 Å². The Morgan fingerprint density at radius 3 is 2.43 bits per heavy atom. The molecule has 0 atom stereocenters. The number of rotatable bonds is 3. The summed E-state index contributed by atoms with van der Waals surface area (Å²) >= 11 is 6.21. The summed E-state index contributed by atoms with van der Waals surface area (Å²) in [5.74, 6) is 0.331. The normalized spacial score (nSPS) is 11.2. The minimum atomic E-state index is -0.142. The van der Waals surface area contributed by atoms with Crippen LogP contribution in [0, 0.1) is 0 Å². The zero-order valence-electron chi connectivity index (χ0n) is 13.4. The molecule has 2 aromatic carbocycles. The molecule has 3 nitrogen and oxygen atoms in total. The van der Waals surface area contributed by atoms with Gasteiger partial charge in [0.15, 0.2) is 0 Å². The number of amides is 1. The number of hydrogen-bond acceptors (Lipinski definition) is 1. The van der Waals surface area contributed by atoms with E-state index in [2.05, 4.69) is 19.2 Å². The van der Waals surface area contributed by atoms with Gasteiger partial charge < -0.3 is 9.88 Å². The smallest absolute Gasteiger partial charge is 0.272 e. The van der Waals surface area contributed by atoms with Crippen LogP contribution in [0.15, 0.2) is 48.5 Å². The molecule has 0 bridgehead atoms. The van der Waals surface area contributed by atoms with Gasteiger partial charge in [-0.15, -0.1) is 0 Å². The van der Waals surface area contributed by atoms with E-state index in [1.807, 2.05) is 60.1 Å². The molecule has 0 unspecified atom stereocenters. The summed E-state index contributed by atoms with van der Waals surface area (Å²) in [5.41, 5.74) is 3.56. The van der Waals surface area contributed by atoms with Gasteiger partial charge in [0.2, 0.25) is 0 Å². The standard InChI is InChI=1S/C19H19ClN2O/c1-12(2)13-7-9-14(10-8-13)21-19(23)18-11-15-16(20)5-4-6-17(15)22(18)3/h4-12H,1-3H3,(H,21,23). The van der Waals surface area contributed by atoms with E-state index in [-0.39, 0.29) is 5.91 Å². The average molecular weight is 327 g/mol. The van der Waals surface area contributed by atoms with Crippen molar-refractivity contribution in [3.05, 3.63) is 64.8 Å². The number of nitrogens with zero attached hydrogens (tertiary/aromatic N) is 1. The highest BCUT2D eigenvalue weighted by Gasteiger charge is 2.15. The van der Waals surface area contributed by atoms with Crippen LogP contribution in [0.3, 0.4) is 0 Å². The maximum Gasteiger partial charge on any atom is 0.272 e. The minimum Gasteiger partial charge on any atom is -0.340 e. The van der Waals surface area contributed by atoms with Crippen LogP contribution in [0.5, 0.6) is 0 Å². The van der Waals surface area contributed by atoms with Gasteiger partial charge in [0.1, 0.15) is 5.69 Å². The number of aromatic nitrogens is 1. The monoisotopic (exact) mass is 326 g/mol. The predicted molar refractivity (Wildman–Crippen MR) is 96.4 cm³/mol. The Bertz CT molecular complexity index is 863. The summed E-state index contributed by atoms with van der Waals surface area (Å²) < 4.78 is 1.86. The molecule has 4 heteroatoms. The first-order valence-corrected chi connectivity index (χ1v) is 8.00. The van der Waals surface area contributed by atoms with E-state index in [9.17, 15) is 4.79 Å². The first-order chi connectivity index (χ1) is 11.0. The van der Waals surface area contributed by atoms with Gasteiger partial charge in [-0.25, -0.2) is 0 Å². The molecule has 0 saturated carbocycles. The number of carbonyl (C=O) groups is 1. The number of nitrogens with one attached hydrogen (secondary N) is 1. The Morgan fingerprint density at radius 2 is 1.83 bits per heavy atom. The number of halogens is 1. The van der Waals surface area contributed by atoms with Crippen LogP contribution in [0.25, 0.3) is 10.9 Å². The third-order valence-electron chi connectivity index (χ3n) is 4.10. The van der Waals surface area contributed by atoms with Gasteiger partial charge in [-0.1, -0.05) is 43.6 Å². The first-order valence-electron chi connectivity index (χ1n) is 7.62. The van der Waals surface area contributed by atoms with Gasteiger partial charge >= 0.3 is 0 Å². The largest absolute Gasteiger partial charge is 0.340 e. The lowest BCUT2D eigenvalue weighted by atomic mass is 10.0. The van der Waals surface area contributed by atoms with Crippen LogP contribution < -0.4 is 5.32 Å². The molecular formula is C19H19ClN2O. The minimum absolute atomic E-state index is 0.142. The van der Waals surface area contributed by atoms with E-state index in [1.54, 1.807) is 0 Å². The van der Waals surface area contributed by atoms with Crippen LogP contribution >= 0.6 is 11.6 Å². The number of anilines is 1. The van der Waals surface area contributed by atoms with E-state index in [0.29, 0.717) is 16.6 Å². The van der Waals surface area contributed by atoms with Crippen LogP contribution in [0.2, 0.25) is 5.02 Å². The average Bonchev–Trinajstić information content (AvgIpc) is 2.87. The third kappa shape index (κ3) is 2.97. The van der Waals surface area contributed by atoms with Crippen LogP contribution in [0.4, 0.5) is 5.69 Å². The lowest BCUT2D eigenvalue weighted by Gasteiger charge is -2.09. The van der Waals surface area contributed by atoms with Gasteiger partial charge in [-0.2, -0.15) is 0 Å². The molecule has 0 aliphatic heterocycles. The van der Waals surface area contributed by atoms with E-state index in [0.717, 1.165) is 16.6 Å². The number of hydrogen-bond donors (Lipinski definition) is 1. The maximum absolute atomic E-state index is 12.6. The SMILES string of the molecule is CC(C)c1ccc(NC(=O)c2cc3c(Cl)cccc3n2C)cc1. The van der Waals surface area contributed by atoms with Gasteiger partial charge in [0.05, 0.1) is 0 Å². The number of carbonyl (C=O) groups excluding carboxylic acids is 1. The molecule has 3 aromatic rings. The summed E-state index contributed by atoms with van der Waals surface area (Å²) in [7, 11) is 1.87. The Labute approximate surface area is 140 Å². The van der Waals surface area contributed by atoms with Gasteiger partial charge in [0, 0.05) is 28.7 Å². The quantitative estimate of drug-likeness (QED) is 0.704. The summed E-state index contributed by atoms with van der Waals surface area (Å²) in [4.78, 5) is 12.6. The van der Waals surface area contributed by atoms with Gasteiger partial charge in [-0.05, 0) is 41.8 Å². The van der Waals surface area contributed by atoms with Crippen molar-refractivity contribution in [1.29, 1.82) is 0 Å². The molecular weight excluding hydrogens is 308 g/mol. The summed E-state index contributed by atoms with van der Waals surface area (Å²) in [6.45, 7) is 4.29. The molecule has 0 aliphatic carbocycles. The number of fused-ring (bicyclic) bond motifs is 1. The molecule has 1 aromatic heterocycles. The van der Waals surface area contributed by atoms with Crippen molar-refractivity contribution in [3.63, 3.8) is 0 Å². The lowest BCUT2D eigenvalue weighted by Crippen LogP contribution is -2.15. The second-order valence-electron chi connectivity index (χ2n) is 5.99. The Hall–Kier alpha value is -2.26. The first kappa shape index (κ1) is 15.6. The van der Waals surface area contributed by atoms with E-state index >= 15 is 0 Å². The van der Waals surface area contributed by atoms with Crippen molar-refractivity contribution in [2.75, 3.05) is 5.32 Å². The van der Waals surface area contributed by atoms with Crippen molar-refractivity contribution in [2.45, 2.75) is 19.8 Å². The second kappa shape index (κ2) is 6.09. The lowest BCUT2D eigenvalue weighted by molar-refractivity contribution is 0.102. The highest BCUT2D eigenvalue weighted by atomic mass is 35.5. The summed E-state index contributed by atoms with van der Waals surface area (Å²) in [6.07, 6.45) is 0. The predicted octanol–water partition coefficient (Wildman–Crippen LogP) is 5.21. The molecule has 0 fully saturated rings. The van der Waals surface area contributed by atoms with Crippen LogP contribution in [-0.4, -0.2) is 10.5 Å². The molecule has 1 heterocycles. The topological polar surface area (TPSA) is 34.0 Å². The molecule has 0 radical (unpaired) electrons. The van der Waals surface area contributed by atoms with E-state index < -0.39 is 0 Å². The molecule has 3 rings (SSSR count). The molecule has 0 spiro atoms. The Kier molecular flexibility index (Phi) is 4.14. The summed E-state index contributed by atoms with van der Waals surface area (Å²) in [5, 5.41) is 4.48. The molecule has 118 valence electrons. The fourth-order valence-corrected chi connectivity index (χ4v) is 2.91. The molecule has 0 aliphatic rings. The van der Waals surface area contributed by atoms with Gasteiger partial charge in [0.25, 0.3) is 5.91 Å². The zero-order chi connectivity index (χ0) is 16.6. The van der Waals surface area contributed by atoms with Crippen molar-refractivity contribution >= 4 is 34.1 Å². The van der Waals surface area contributed by atoms with Crippen molar-refractivity contribution < 1.29 is 4.79 Å². The summed E-state index contributed by atoms with van der Waals surface area (Å²) in [6, 6.07) is 15.4. The maximum atomic E-state index is 12.6. The highest BCUT2D eigenvalue weighted by Crippen LogP contribution is 2.26. The van der Waals surface area contributed by atoms with E-state index in [4.69, 9.17) is 11.6 Å². The zero-order valence-corrected chi connectivity index (χ0v) is 14.2. The molecule has 0 saturated heterocycles. The van der Waals surface area contributed by atoms with E-state index in [1.165, 1.54) is 5.56 Å². The van der Waals surface area contributed by atoms with Gasteiger partial charge in [-0.3, -0.25) is 4.79 Å². The molecule has 1 N–H and O–H groups in total. The number of aryl methyl sites for hydroxylation is 1. The molecule has 23 heavy (non-hydrogen) atoms. The Morgan fingerprint density at radius 1 is 1.13 bits per heavy atom. The number of benzene rings is 2. The van der Waals surface area contributed by atoms with Crippen molar-refractivity contribution in [1.82, 2.24) is 4.57 Å². The second-order valence-corrected chi connectivity index (χ2v) is 6.40. The fourth-order valence-electron chi connectivity index (χ4n) is 2.69. The van der Waals surface area contributed by atoms with Crippen LogP contribution in [-0.2, 0) is 7.05 Å². The fraction of sp³-hybridized carbons (Fsp3) is 0.211. The highest BCUT2D eigenvalue weighted by molar-refractivity contribution is 6.35. The van der Waals surface area contributed by atoms with Crippen molar-refractivity contribution in [3.8, 4) is 0 Å². The molecule has 1 amide bonds. The Balaban J connectivity index is 1.89. The van der Waals surface area contributed by atoms with Crippen molar-refractivity contribution in [2.24, 2.45) is 7.05 Å². The third-order valence-corrected chi connectivity index (χ3v) is 4.43.